The molecule has 0 bridgehead atoms. The molecular weight excluding hydrogens is 1040 g/mol. The van der Waals surface area contributed by atoms with Gasteiger partial charge in [0.1, 0.15) is 36.2 Å². The smallest absolute Gasteiger partial charge is 0.377 e. The topological polar surface area (TPSA) is 205 Å². The lowest BCUT2D eigenvalue weighted by Crippen LogP contribution is -2.38. The van der Waals surface area contributed by atoms with Gasteiger partial charge in [-0.25, -0.2) is 4.79 Å². The average Bonchev–Trinajstić information content (AvgIpc) is 3.52. The molecule has 2 saturated heterocycles. The number of ether oxygens (including phenoxy) is 6. The Morgan fingerprint density at radius 2 is 0.950 bits per heavy atom. The van der Waals surface area contributed by atoms with Crippen LogP contribution in [0.1, 0.15) is 94.2 Å². The fourth-order valence-electron chi connectivity index (χ4n) is 8.30. The molecule has 1 amide bonds. The lowest BCUT2D eigenvalue weighted by molar-refractivity contribution is -0.131. The van der Waals surface area contributed by atoms with Gasteiger partial charge >= 0.3 is 5.97 Å². The first-order chi connectivity index (χ1) is 37.8. The van der Waals surface area contributed by atoms with E-state index in [1.165, 1.54) is 18.7 Å². The van der Waals surface area contributed by atoms with Crippen molar-refractivity contribution in [1.82, 2.24) is 9.80 Å². The number of carboxylic acids is 1. The van der Waals surface area contributed by atoms with Crippen LogP contribution < -0.4 is 30.0 Å². The van der Waals surface area contributed by atoms with Gasteiger partial charge < -0.3 is 44.6 Å². The molecule has 0 aromatic heterocycles. The van der Waals surface area contributed by atoms with Crippen molar-refractivity contribution in [3.63, 3.8) is 0 Å². The molecule has 16 nitrogen and oxygen atoms in total. The predicted molar refractivity (Wildman–Crippen MR) is 316 cm³/mol. The number of anilines is 2. The zero-order chi connectivity index (χ0) is 58.8. The first kappa shape index (κ1) is 63.7. The first-order valence-electron chi connectivity index (χ1n) is 26.7. The number of hydrogen-bond acceptors (Lipinski definition) is 14. The summed E-state index contributed by atoms with van der Waals surface area (Å²) in [4.78, 5) is 63.9. The Kier molecular flexibility index (Phi) is 23.4. The van der Waals surface area contributed by atoms with E-state index in [9.17, 15) is 24.0 Å². The minimum Gasteiger partial charge on any atom is -0.495 e. The molecule has 0 atom stereocenters. The number of nitrogens with two attached hydrogens (primary N) is 1. The maximum atomic E-state index is 13.3. The van der Waals surface area contributed by atoms with Crippen LogP contribution in [0.2, 0.25) is 0 Å². The first-order valence-corrected chi connectivity index (χ1v) is 27.1. The van der Waals surface area contributed by atoms with E-state index in [1.807, 2.05) is 60.7 Å². The number of morpholine rings is 2. The SMILES string of the molecule is CC(C)(C)C(=O)Cl.COc1ccc(C(C)(C)C)cc1N.COc1ccc(C(C)(C)C)cc1NC(=O)C(=O)c1ccc(OCCN2CCOCC2)c2ccccc12.O=C(O)C(=O)c1ccc(OCCN2CCOCC2)c2ccccc12. The van der Waals surface area contributed by atoms with E-state index in [4.69, 9.17) is 50.9 Å². The van der Waals surface area contributed by atoms with Gasteiger partial charge in [-0.15, -0.1) is 0 Å². The third-order valence-corrected chi connectivity index (χ3v) is 13.8. The maximum absolute atomic E-state index is 13.3. The van der Waals surface area contributed by atoms with Crippen molar-refractivity contribution < 1.29 is 57.5 Å². The molecule has 4 N–H and O–H groups in total. The maximum Gasteiger partial charge on any atom is 0.377 e. The zero-order valence-electron chi connectivity index (χ0n) is 48.2. The lowest BCUT2D eigenvalue weighted by atomic mass is 9.87. The van der Waals surface area contributed by atoms with E-state index in [2.05, 4.69) is 62.7 Å². The summed E-state index contributed by atoms with van der Waals surface area (Å²) in [6, 6.07) is 32.8. The molecule has 0 aliphatic carbocycles. The number of halogens is 1. The molecular formula is C63H79ClN4O12. The van der Waals surface area contributed by atoms with Crippen molar-refractivity contribution in [2.75, 3.05) is 104 Å². The number of nitrogens with one attached hydrogen (secondary N) is 1. The third kappa shape index (κ3) is 18.5. The van der Waals surface area contributed by atoms with Gasteiger partial charge in [0.2, 0.25) is 5.24 Å². The van der Waals surface area contributed by atoms with Gasteiger partial charge in [0.25, 0.3) is 17.5 Å². The number of carboxylic acid groups (broad SMARTS) is 1. The Hall–Kier alpha value is -7.08. The highest BCUT2D eigenvalue weighted by Gasteiger charge is 2.24. The molecule has 0 spiro atoms. The van der Waals surface area contributed by atoms with E-state index < -0.39 is 23.4 Å². The number of carbonyl (C=O) groups is 5. The molecule has 430 valence electrons. The van der Waals surface area contributed by atoms with Crippen LogP contribution in [0.5, 0.6) is 23.0 Å². The number of amides is 1. The highest BCUT2D eigenvalue weighted by Crippen LogP contribution is 2.34. The van der Waals surface area contributed by atoms with Crippen molar-refractivity contribution in [1.29, 1.82) is 0 Å². The fraction of sp³-hybridized carbons (Fsp3) is 0.413. The number of hydrogen-bond donors (Lipinski definition) is 3. The number of fused-ring (bicyclic) bond motifs is 2. The molecule has 6 aromatic rings. The van der Waals surface area contributed by atoms with Crippen molar-refractivity contribution in [2.45, 2.75) is 73.1 Å². The third-order valence-electron chi connectivity index (χ3n) is 13.2. The molecule has 0 radical (unpaired) electrons. The van der Waals surface area contributed by atoms with Crippen LogP contribution in [0.3, 0.4) is 0 Å². The molecule has 2 heterocycles. The molecule has 2 aliphatic rings. The summed E-state index contributed by atoms with van der Waals surface area (Å²) in [5.41, 5.74) is 9.38. The number of benzene rings is 6. The summed E-state index contributed by atoms with van der Waals surface area (Å²) < 4.78 is 33.2. The summed E-state index contributed by atoms with van der Waals surface area (Å²) in [6.45, 7) is 27.3. The Morgan fingerprint density at radius 3 is 1.34 bits per heavy atom. The molecule has 17 heteroatoms. The lowest BCUT2D eigenvalue weighted by Gasteiger charge is -2.26. The van der Waals surface area contributed by atoms with Crippen molar-refractivity contribution in [3.05, 3.63) is 131 Å². The van der Waals surface area contributed by atoms with Crippen molar-refractivity contribution >= 4 is 73.2 Å². The summed E-state index contributed by atoms with van der Waals surface area (Å²) >= 11 is 5.11. The van der Waals surface area contributed by atoms with Gasteiger partial charge in [0.05, 0.1) is 52.0 Å². The minimum atomic E-state index is -1.46. The normalized spacial score (nSPS) is 13.9. The van der Waals surface area contributed by atoms with Crippen LogP contribution in [0.25, 0.3) is 21.5 Å². The minimum absolute atomic E-state index is 0.121. The number of nitrogens with zero attached hydrogens (tertiary/aromatic N) is 2. The number of nitrogen functional groups attached to an aromatic ring is 1. The van der Waals surface area contributed by atoms with Gasteiger partial charge in [-0.2, -0.15) is 0 Å². The van der Waals surface area contributed by atoms with Gasteiger partial charge in [-0.05, 0) is 92.9 Å². The van der Waals surface area contributed by atoms with E-state index in [0.717, 1.165) is 87.8 Å². The molecule has 2 aliphatic heterocycles. The Labute approximate surface area is 475 Å². The average molecular weight is 1120 g/mol. The second kappa shape index (κ2) is 29.4. The number of aliphatic carboxylic acids is 1. The fourth-order valence-corrected chi connectivity index (χ4v) is 8.30. The van der Waals surface area contributed by atoms with E-state index in [-0.39, 0.29) is 27.1 Å². The quantitative estimate of drug-likeness (QED) is 0.0379. The molecule has 6 aromatic carbocycles. The Morgan fingerprint density at radius 1 is 0.562 bits per heavy atom. The highest BCUT2D eigenvalue weighted by molar-refractivity contribution is 6.64. The molecule has 0 unspecified atom stereocenters. The number of carbonyl (C=O) groups excluding carboxylic acids is 4. The van der Waals surface area contributed by atoms with Crippen LogP contribution in [0, 0.1) is 5.41 Å². The second-order valence-corrected chi connectivity index (χ2v) is 22.6. The van der Waals surface area contributed by atoms with Gasteiger partial charge in [-0.1, -0.05) is 123 Å². The number of methoxy groups -OCH3 is 2. The molecule has 0 saturated carbocycles. The number of ketones is 2. The van der Waals surface area contributed by atoms with E-state index >= 15 is 0 Å². The largest absolute Gasteiger partial charge is 0.495 e. The van der Waals surface area contributed by atoms with Crippen LogP contribution in [0.4, 0.5) is 11.4 Å². The predicted octanol–water partition coefficient (Wildman–Crippen LogP) is 10.9. The number of rotatable bonds is 15. The van der Waals surface area contributed by atoms with Crippen LogP contribution in [-0.2, 0) is 34.7 Å². The monoisotopic (exact) mass is 1120 g/mol. The van der Waals surface area contributed by atoms with E-state index in [1.54, 1.807) is 64.3 Å². The van der Waals surface area contributed by atoms with Crippen LogP contribution in [-0.4, -0.2) is 137 Å². The Balaban J connectivity index is 0.000000228. The summed E-state index contributed by atoms with van der Waals surface area (Å²) in [7, 11) is 3.16. The highest BCUT2D eigenvalue weighted by atomic mass is 35.5. The molecule has 2 fully saturated rings. The number of Topliss-reactive ketones (excluding diaryl/α,β-unsaturated/α-hetero) is 2. The molecule has 8 rings (SSSR count). The van der Waals surface area contributed by atoms with E-state index in [0.29, 0.717) is 58.2 Å². The summed E-state index contributed by atoms with van der Waals surface area (Å²) in [5, 5.41) is 14.2. The molecule has 80 heavy (non-hydrogen) atoms. The van der Waals surface area contributed by atoms with Gasteiger partial charge in [0.15, 0.2) is 0 Å². The van der Waals surface area contributed by atoms with Crippen molar-refractivity contribution in [2.24, 2.45) is 5.41 Å². The summed E-state index contributed by atoms with van der Waals surface area (Å²) in [6.07, 6.45) is 0. The van der Waals surface area contributed by atoms with Crippen LogP contribution in [0.15, 0.2) is 109 Å². The zero-order valence-corrected chi connectivity index (χ0v) is 48.9. The van der Waals surface area contributed by atoms with Crippen LogP contribution >= 0.6 is 11.6 Å². The Bertz CT molecular complexity index is 3080. The second-order valence-electron chi connectivity index (χ2n) is 22.2. The standard InChI is InChI=1S/C29H34N2O5.C18H19NO5.C11H17NO.C5H9ClO/c1-29(2,3)20-9-11-26(34-4)24(19-20)30-28(33)27(32)23-10-12-25(22-8-6-5-7-21(22)23)36-18-15-31-13-16-35-17-14-31;20-17(18(21)22)15-5-6-16(14-4-2-1-3-13(14)15)24-12-9-19-7-10-23-11-8-19;1-11(2,3)8-5-6-10(13-4)9(12)7-8;1-5(2,3)4(6)7/h5-12,19H,13-18H2,1-4H3,(H,30,33);1-6H,7-12H2,(H,21,22);5-7H,12H2,1-4H3;1-3H3. The van der Waals surface area contributed by atoms with Gasteiger partial charge in [-0.3, -0.25) is 29.0 Å². The van der Waals surface area contributed by atoms with Crippen molar-refractivity contribution in [3.8, 4) is 23.0 Å². The van der Waals surface area contributed by atoms with Gasteiger partial charge in [0, 0.05) is 66.6 Å². The summed E-state index contributed by atoms with van der Waals surface area (Å²) in [5.74, 6) is -1.12.